The van der Waals surface area contributed by atoms with Crippen molar-refractivity contribution in [3.63, 3.8) is 0 Å². The van der Waals surface area contributed by atoms with E-state index in [4.69, 9.17) is 22.1 Å². The molecule has 0 amide bonds. The Balaban J connectivity index is 0.00000144. The summed E-state index contributed by atoms with van der Waals surface area (Å²) in [4.78, 5) is 0. The van der Waals surface area contributed by atoms with Crippen molar-refractivity contribution in [2.75, 3.05) is 12.3 Å². The highest BCUT2D eigenvalue weighted by Gasteiger charge is 1.99. The van der Waals surface area contributed by atoms with Crippen LogP contribution in [0.25, 0.3) is 0 Å². The molecular weight excluding hydrogens is 209 g/mol. The molecule has 1 rings (SSSR count). The Morgan fingerprint density at radius 1 is 1.46 bits per heavy atom. The molecule has 4 heteroatoms. The lowest BCUT2D eigenvalue weighted by molar-refractivity contribution is 0.317. The zero-order valence-corrected chi connectivity index (χ0v) is 8.99. The Morgan fingerprint density at radius 2 is 2.15 bits per heavy atom. The third-order valence-electron chi connectivity index (χ3n) is 1.42. The predicted molar refractivity (Wildman–Crippen MR) is 58.9 cm³/mol. The van der Waals surface area contributed by atoms with Gasteiger partial charge in [-0.25, -0.2) is 0 Å². The summed E-state index contributed by atoms with van der Waals surface area (Å²) in [7, 11) is 0. The van der Waals surface area contributed by atoms with E-state index < -0.39 is 0 Å². The van der Waals surface area contributed by atoms with Crippen LogP contribution in [0.4, 0.5) is 5.69 Å². The highest BCUT2D eigenvalue weighted by molar-refractivity contribution is 6.32. The summed E-state index contributed by atoms with van der Waals surface area (Å²) in [6, 6.07) is 5.25. The van der Waals surface area contributed by atoms with Crippen LogP contribution in [0.15, 0.2) is 18.2 Å². The molecule has 0 aliphatic heterocycles. The van der Waals surface area contributed by atoms with Crippen molar-refractivity contribution >= 4 is 29.7 Å². The Bertz CT molecular complexity index is 266. The second-order valence-electron chi connectivity index (χ2n) is 2.54. The molecule has 0 saturated heterocycles. The van der Waals surface area contributed by atoms with E-state index in [9.17, 15) is 0 Å². The molecule has 0 atom stereocenters. The van der Waals surface area contributed by atoms with E-state index in [0.717, 1.165) is 6.42 Å². The quantitative estimate of drug-likeness (QED) is 0.797. The molecule has 0 saturated carbocycles. The molecule has 1 aromatic carbocycles. The topological polar surface area (TPSA) is 35.2 Å². The fourth-order valence-electron chi connectivity index (χ4n) is 0.846. The zero-order chi connectivity index (χ0) is 8.97. The van der Waals surface area contributed by atoms with Gasteiger partial charge in [-0.2, -0.15) is 0 Å². The molecule has 2 N–H and O–H groups in total. The molecule has 13 heavy (non-hydrogen) atoms. The van der Waals surface area contributed by atoms with Gasteiger partial charge in [-0.15, -0.1) is 12.4 Å². The molecular formula is C9H13Cl2NO. The average molecular weight is 222 g/mol. The Morgan fingerprint density at radius 3 is 2.69 bits per heavy atom. The van der Waals surface area contributed by atoms with Crippen molar-refractivity contribution in [1.82, 2.24) is 0 Å². The largest absolute Gasteiger partial charge is 0.492 e. The fourth-order valence-corrected chi connectivity index (χ4v) is 1.09. The lowest BCUT2D eigenvalue weighted by Crippen LogP contribution is -1.96. The molecule has 0 unspecified atom stereocenters. The number of rotatable bonds is 3. The molecule has 74 valence electrons. The second-order valence-corrected chi connectivity index (χ2v) is 2.95. The monoisotopic (exact) mass is 221 g/mol. The van der Waals surface area contributed by atoms with Gasteiger partial charge in [0.25, 0.3) is 0 Å². The predicted octanol–water partition coefficient (Wildman–Crippen LogP) is 3.13. The van der Waals surface area contributed by atoms with Crippen LogP contribution in [-0.4, -0.2) is 6.61 Å². The number of halogens is 2. The van der Waals surface area contributed by atoms with E-state index in [0.29, 0.717) is 23.1 Å². The van der Waals surface area contributed by atoms with Gasteiger partial charge in [0.05, 0.1) is 11.6 Å². The molecule has 0 aromatic heterocycles. The van der Waals surface area contributed by atoms with Gasteiger partial charge in [0.1, 0.15) is 5.75 Å². The summed E-state index contributed by atoms with van der Waals surface area (Å²) in [5.41, 5.74) is 6.17. The first kappa shape index (κ1) is 12.4. The van der Waals surface area contributed by atoms with Crippen molar-refractivity contribution in [3.8, 4) is 5.75 Å². The lowest BCUT2D eigenvalue weighted by atomic mass is 10.3. The maximum Gasteiger partial charge on any atom is 0.138 e. The molecule has 0 heterocycles. The van der Waals surface area contributed by atoms with Crippen LogP contribution >= 0.6 is 24.0 Å². The van der Waals surface area contributed by atoms with Crippen molar-refractivity contribution in [2.45, 2.75) is 13.3 Å². The summed E-state index contributed by atoms with van der Waals surface area (Å²) in [6.45, 7) is 2.73. The third kappa shape index (κ3) is 3.75. The first-order valence-electron chi connectivity index (χ1n) is 3.92. The van der Waals surface area contributed by atoms with Gasteiger partial charge in [-0.1, -0.05) is 18.5 Å². The van der Waals surface area contributed by atoms with Crippen molar-refractivity contribution in [3.05, 3.63) is 23.2 Å². The zero-order valence-electron chi connectivity index (χ0n) is 7.42. The van der Waals surface area contributed by atoms with Gasteiger partial charge < -0.3 is 10.5 Å². The Kier molecular flexibility index (Phi) is 5.67. The standard InChI is InChI=1S/C9H12ClNO.ClH/c1-2-5-12-9-4-3-7(11)6-8(9)10;/h3-4,6H,2,5,11H2,1H3;1H. The van der Waals surface area contributed by atoms with Gasteiger partial charge in [-0.3, -0.25) is 0 Å². The van der Waals surface area contributed by atoms with Crippen LogP contribution in [0, 0.1) is 0 Å². The number of benzene rings is 1. The van der Waals surface area contributed by atoms with Gasteiger partial charge in [0, 0.05) is 5.69 Å². The van der Waals surface area contributed by atoms with E-state index in [1.54, 1.807) is 18.2 Å². The van der Waals surface area contributed by atoms with Gasteiger partial charge in [-0.05, 0) is 24.6 Å². The number of anilines is 1. The summed E-state index contributed by atoms with van der Waals surface area (Å²) in [5, 5.41) is 0.573. The van der Waals surface area contributed by atoms with E-state index in [-0.39, 0.29) is 12.4 Å². The van der Waals surface area contributed by atoms with Crippen LogP contribution in [0.3, 0.4) is 0 Å². The number of nitrogens with two attached hydrogens (primary N) is 1. The number of ether oxygens (including phenoxy) is 1. The smallest absolute Gasteiger partial charge is 0.138 e. The highest BCUT2D eigenvalue weighted by atomic mass is 35.5. The van der Waals surface area contributed by atoms with E-state index >= 15 is 0 Å². The molecule has 0 aliphatic carbocycles. The minimum Gasteiger partial charge on any atom is -0.492 e. The molecule has 1 aromatic rings. The van der Waals surface area contributed by atoms with Crippen molar-refractivity contribution in [1.29, 1.82) is 0 Å². The molecule has 0 radical (unpaired) electrons. The van der Waals surface area contributed by atoms with Crippen molar-refractivity contribution in [2.24, 2.45) is 0 Å². The van der Waals surface area contributed by atoms with Crippen LogP contribution < -0.4 is 10.5 Å². The average Bonchev–Trinajstić information content (AvgIpc) is 2.03. The van der Waals surface area contributed by atoms with E-state index in [1.807, 2.05) is 6.92 Å². The minimum absolute atomic E-state index is 0. The Hall–Kier alpha value is -0.600. The Labute approximate surface area is 89.4 Å². The molecule has 0 bridgehead atoms. The van der Waals surface area contributed by atoms with Crippen LogP contribution in [-0.2, 0) is 0 Å². The summed E-state index contributed by atoms with van der Waals surface area (Å²) in [5.74, 6) is 0.702. The van der Waals surface area contributed by atoms with E-state index in [2.05, 4.69) is 0 Å². The first-order chi connectivity index (χ1) is 5.74. The van der Waals surface area contributed by atoms with E-state index in [1.165, 1.54) is 0 Å². The summed E-state index contributed by atoms with van der Waals surface area (Å²) >= 11 is 5.86. The van der Waals surface area contributed by atoms with Crippen molar-refractivity contribution < 1.29 is 4.74 Å². The maximum absolute atomic E-state index is 5.86. The molecule has 0 spiro atoms. The molecule has 0 aliphatic rings. The fraction of sp³-hybridized carbons (Fsp3) is 0.333. The maximum atomic E-state index is 5.86. The summed E-state index contributed by atoms with van der Waals surface area (Å²) < 4.78 is 5.35. The first-order valence-corrected chi connectivity index (χ1v) is 4.29. The van der Waals surface area contributed by atoms with Crippen LogP contribution in [0.5, 0.6) is 5.75 Å². The van der Waals surface area contributed by atoms with Crippen LogP contribution in [0.2, 0.25) is 5.02 Å². The van der Waals surface area contributed by atoms with Crippen LogP contribution in [0.1, 0.15) is 13.3 Å². The minimum atomic E-state index is 0. The third-order valence-corrected chi connectivity index (χ3v) is 1.71. The molecule has 0 fully saturated rings. The lowest BCUT2D eigenvalue weighted by Gasteiger charge is -2.06. The molecule has 2 nitrogen and oxygen atoms in total. The SMILES string of the molecule is CCCOc1ccc(N)cc1Cl.Cl. The second kappa shape index (κ2) is 5.95. The highest BCUT2D eigenvalue weighted by Crippen LogP contribution is 2.26. The number of hydrogen-bond acceptors (Lipinski definition) is 2. The number of nitrogen functional groups attached to an aromatic ring is 1. The number of hydrogen-bond donors (Lipinski definition) is 1. The normalized spacial score (nSPS) is 9.08. The van der Waals surface area contributed by atoms with Gasteiger partial charge in [0.2, 0.25) is 0 Å². The van der Waals surface area contributed by atoms with Gasteiger partial charge in [0.15, 0.2) is 0 Å². The summed E-state index contributed by atoms with van der Waals surface area (Å²) in [6.07, 6.45) is 0.973. The van der Waals surface area contributed by atoms with Gasteiger partial charge >= 0.3 is 0 Å².